The zero-order valence-electron chi connectivity index (χ0n) is 5.02. The van der Waals surface area contributed by atoms with Crippen LogP contribution in [0.25, 0.3) is 0 Å². The van der Waals surface area contributed by atoms with Crippen molar-refractivity contribution in [3.8, 4) is 0 Å². The molecule has 0 aromatic rings. The number of ether oxygens (including phenoxy) is 1. The second kappa shape index (κ2) is 2.15. The minimum atomic E-state index is -2.17. The predicted octanol–water partition coefficient (Wildman–Crippen LogP) is -0.140. The van der Waals surface area contributed by atoms with E-state index < -0.39 is 11.5 Å². The summed E-state index contributed by atoms with van der Waals surface area (Å²) in [6.07, 6.45) is 3.78. The average molecular weight is 142 g/mol. The Morgan fingerprint density at radius 3 is 2.80 bits per heavy atom. The molecule has 0 aromatic heterocycles. The number of carbonyl (C=O) groups is 1. The third kappa shape index (κ3) is 0.886. The molecule has 4 heteroatoms. The lowest BCUT2D eigenvalue weighted by molar-refractivity contribution is -0.168. The summed E-state index contributed by atoms with van der Waals surface area (Å²) >= 11 is 0. The summed E-state index contributed by atoms with van der Waals surface area (Å²) in [6.45, 7) is 0. The third-order valence-corrected chi connectivity index (χ3v) is 1.11. The Kier molecular flexibility index (Phi) is 1.47. The molecule has 0 radical (unpaired) electrons. The SMILES string of the molecule is O=CC1(O)OC=CC=C1O. The molecular formula is C6H6O4. The molecule has 1 unspecified atom stereocenters. The Bertz CT molecular complexity index is 206. The molecule has 0 saturated heterocycles. The lowest BCUT2D eigenvalue weighted by atomic mass is 10.2. The van der Waals surface area contributed by atoms with Crippen molar-refractivity contribution in [2.75, 3.05) is 0 Å². The zero-order valence-corrected chi connectivity index (χ0v) is 5.02. The van der Waals surface area contributed by atoms with Gasteiger partial charge in [-0.15, -0.1) is 0 Å². The van der Waals surface area contributed by atoms with Gasteiger partial charge in [-0.25, -0.2) is 0 Å². The summed E-state index contributed by atoms with van der Waals surface area (Å²) in [4.78, 5) is 10.1. The molecule has 54 valence electrons. The van der Waals surface area contributed by atoms with Gasteiger partial charge in [0.05, 0.1) is 6.26 Å². The van der Waals surface area contributed by atoms with E-state index in [1.807, 2.05) is 0 Å². The second-order valence-electron chi connectivity index (χ2n) is 1.81. The molecule has 4 nitrogen and oxygen atoms in total. The van der Waals surface area contributed by atoms with Crippen LogP contribution < -0.4 is 0 Å². The first kappa shape index (κ1) is 6.82. The van der Waals surface area contributed by atoms with E-state index in [4.69, 9.17) is 10.2 Å². The number of aliphatic hydroxyl groups is 2. The van der Waals surface area contributed by atoms with E-state index in [2.05, 4.69) is 4.74 Å². The first-order valence-electron chi connectivity index (χ1n) is 2.62. The van der Waals surface area contributed by atoms with Gasteiger partial charge in [0.1, 0.15) is 0 Å². The molecule has 0 aliphatic carbocycles. The van der Waals surface area contributed by atoms with E-state index in [0.717, 1.165) is 6.26 Å². The molecule has 2 N–H and O–H groups in total. The fourth-order valence-electron chi connectivity index (χ4n) is 0.541. The maximum absolute atomic E-state index is 10.1. The van der Waals surface area contributed by atoms with Crippen molar-refractivity contribution in [1.29, 1.82) is 0 Å². The van der Waals surface area contributed by atoms with E-state index in [1.54, 1.807) is 0 Å². The van der Waals surface area contributed by atoms with Crippen molar-refractivity contribution in [3.05, 3.63) is 24.2 Å². The Labute approximate surface area is 57.0 Å². The van der Waals surface area contributed by atoms with Gasteiger partial charge in [-0.2, -0.15) is 0 Å². The van der Waals surface area contributed by atoms with Gasteiger partial charge in [-0.3, -0.25) is 4.79 Å². The molecule has 0 amide bonds. The van der Waals surface area contributed by atoms with Crippen molar-refractivity contribution in [3.63, 3.8) is 0 Å². The van der Waals surface area contributed by atoms with Crippen molar-refractivity contribution >= 4 is 6.29 Å². The van der Waals surface area contributed by atoms with Gasteiger partial charge in [-0.05, 0) is 12.2 Å². The van der Waals surface area contributed by atoms with Crippen LogP contribution in [0.3, 0.4) is 0 Å². The molecule has 0 spiro atoms. The first-order chi connectivity index (χ1) is 4.69. The Balaban J connectivity index is 2.91. The van der Waals surface area contributed by atoms with Crippen LogP contribution in [0.2, 0.25) is 0 Å². The van der Waals surface area contributed by atoms with E-state index in [9.17, 15) is 4.79 Å². The number of hydrogen-bond acceptors (Lipinski definition) is 4. The lowest BCUT2D eigenvalue weighted by Crippen LogP contribution is -2.35. The van der Waals surface area contributed by atoms with E-state index in [-0.39, 0.29) is 6.29 Å². The van der Waals surface area contributed by atoms with Gasteiger partial charge in [0.15, 0.2) is 12.0 Å². The molecule has 10 heavy (non-hydrogen) atoms. The van der Waals surface area contributed by atoms with Gasteiger partial charge >= 0.3 is 5.79 Å². The molecule has 1 heterocycles. The molecule has 1 atom stereocenters. The summed E-state index contributed by atoms with van der Waals surface area (Å²) in [5.41, 5.74) is 0. The highest BCUT2D eigenvalue weighted by Crippen LogP contribution is 2.17. The number of aliphatic hydroxyl groups excluding tert-OH is 1. The normalized spacial score (nSPS) is 30.7. The van der Waals surface area contributed by atoms with Crippen LogP contribution >= 0.6 is 0 Å². The molecule has 0 bridgehead atoms. The van der Waals surface area contributed by atoms with Crippen molar-refractivity contribution < 1.29 is 19.7 Å². The standard InChI is InChI=1S/C6H6O4/c7-4-6(9)5(8)2-1-3-10-6/h1-4,8-9H. The minimum Gasteiger partial charge on any atom is -0.506 e. The number of carbonyl (C=O) groups excluding carboxylic acids is 1. The molecule has 1 aliphatic rings. The van der Waals surface area contributed by atoms with Gasteiger partial charge in [0, 0.05) is 0 Å². The highest BCUT2D eigenvalue weighted by atomic mass is 16.6. The number of aldehydes is 1. The quantitative estimate of drug-likeness (QED) is 0.500. The van der Waals surface area contributed by atoms with Crippen LogP contribution in [0.4, 0.5) is 0 Å². The van der Waals surface area contributed by atoms with Crippen LogP contribution in [0, 0.1) is 0 Å². The smallest absolute Gasteiger partial charge is 0.324 e. The van der Waals surface area contributed by atoms with Crippen molar-refractivity contribution in [2.24, 2.45) is 0 Å². The Morgan fingerprint density at radius 2 is 2.40 bits per heavy atom. The summed E-state index contributed by atoms with van der Waals surface area (Å²) in [5.74, 6) is -2.68. The molecule has 0 saturated carbocycles. The minimum absolute atomic E-state index is 0.113. The first-order valence-corrected chi connectivity index (χ1v) is 2.62. The highest BCUT2D eigenvalue weighted by molar-refractivity contribution is 5.65. The fraction of sp³-hybridized carbons (Fsp3) is 0.167. The highest BCUT2D eigenvalue weighted by Gasteiger charge is 2.34. The molecular weight excluding hydrogens is 136 g/mol. The average Bonchev–Trinajstić information content (AvgIpc) is 1.96. The van der Waals surface area contributed by atoms with Crippen LogP contribution in [-0.4, -0.2) is 22.3 Å². The van der Waals surface area contributed by atoms with Gasteiger partial charge in [0.25, 0.3) is 0 Å². The molecule has 1 rings (SSSR count). The maximum atomic E-state index is 10.1. The Hall–Kier alpha value is -1.29. The van der Waals surface area contributed by atoms with E-state index in [1.165, 1.54) is 12.2 Å². The second-order valence-corrected chi connectivity index (χ2v) is 1.81. The summed E-state index contributed by atoms with van der Waals surface area (Å²) in [5, 5.41) is 17.8. The van der Waals surface area contributed by atoms with Gasteiger partial charge < -0.3 is 14.9 Å². The molecule has 1 aliphatic heterocycles. The lowest BCUT2D eigenvalue weighted by Gasteiger charge is -2.21. The number of rotatable bonds is 1. The molecule has 0 aromatic carbocycles. The van der Waals surface area contributed by atoms with Crippen molar-refractivity contribution in [2.45, 2.75) is 5.79 Å². The van der Waals surface area contributed by atoms with E-state index >= 15 is 0 Å². The summed E-state index contributed by atoms with van der Waals surface area (Å²) in [6, 6.07) is 0. The zero-order chi connectivity index (χ0) is 7.61. The number of allylic oxidation sites excluding steroid dienone is 2. The number of hydrogen-bond donors (Lipinski definition) is 2. The largest absolute Gasteiger partial charge is 0.506 e. The maximum Gasteiger partial charge on any atom is 0.324 e. The summed E-state index contributed by atoms with van der Waals surface area (Å²) < 4.78 is 4.42. The third-order valence-electron chi connectivity index (χ3n) is 1.11. The van der Waals surface area contributed by atoms with Gasteiger partial charge in [-0.1, -0.05) is 0 Å². The van der Waals surface area contributed by atoms with Crippen LogP contribution in [0.5, 0.6) is 0 Å². The molecule has 0 fully saturated rings. The van der Waals surface area contributed by atoms with Crippen molar-refractivity contribution in [1.82, 2.24) is 0 Å². The van der Waals surface area contributed by atoms with Crippen LogP contribution in [0.15, 0.2) is 24.2 Å². The monoisotopic (exact) mass is 142 g/mol. The van der Waals surface area contributed by atoms with E-state index in [0.29, 0.717) is 0 Å². The Morgan fingerprint density at radius 1 is 1.70 bits per heavy atom. The fourth-order valence-corrected chi connectivity index (χ4v) is 0.541. The van der Waals surface area contributed by atoms with Gasteiger partial charge in [0.2, 0.25) is 0 Å². The topological polar surface area (TPSA) is 66.8 Å². The van der Waals surface area contributed by atoms with Crippen LogP contribution in [0.1, 0.15) is 0 Å². The predicted molar refractivity (Wildman–Crippen MR) is 32.0 cm³/mol. The summed E-state index contributed by atoms with van der Waals surface area (Å²) in [7, 11) is 0. The van der Waals surface area contributed by atoms with Crippen LogP contribution in [-0.2, 0) is 9.53 Å².